The van der Waals surface area contributed by atoms with Gasteiger partial charge < -0.3 is 23.4 Å². The predicted octanol–water partition coefficient (Wildman–Crippen LogP) is -2.65. The molecule has 0 fully saturated rings. The van der Waals surface area contributed by atoms with Crippen molar-refractivity contribution in [3.8, 4) is 0 Å². The fourth-order valence-corrected chi connectivity index (χ4v) is 0.456. The summed E-state index contributed by atoms with van der Waals surface area (Å²) in [6, 6.07) is 0. The molecule has 2 nitrogen and oxygen atoms in total. The summed E-state index contributed by atoms with van der Waals surface area (Å²) in [7, 11) is 0. The number of hydrogen-bond donors (Lipinski definition) is 2. The molecule has 0 aromatic heterocycles. The van der Waals surface area contributed by atoms with E-state index in [1.807, 2.05) is 0 Å². The quantitative estimate of drug-likeness (QED) is 0.480. The van der Waals surface area contributed by atoms with Crippen molar-refractivity contribution >= 4 is 6.98 Å². The minimum absolute atomic E-state index is 0. The summed E-state index contributed by atoms with van der Waals surface area (Å²) in [4.78, 5) is 0. The summed E-state index contributed by atoms with van der Waals surface area (Å²) >= 11 is 0. The van der Waals surface area contributed by atoms with Crippen molar-refractivity contribution in [3.63, 3.8) is 0 Å². The predicted molar refractivity (Wildman–Crippen MR) is 33.6 cm³/mol. The van der Waals surface area contributed by atoms with Gasteiger partial charge in [-0.2, -0.15) is 0 Å². The molecule has 0 aromatic carbocycles. The van der Waals surface area contributed by atoms with Crippen LogP contribution in [0.1, 0.15) is 6.92 Å². The van der Waals surface area contributed by atoms with Gasteiger partial charge in [0.15, 0.2) is 0 Å². The number of nitrogens with one attached hydrogen (secondary N) is 1. The molecule has 0 aliphatic carbocycles. The zero-order chi connectivity index (χ0) is 8.20. The number of aliphatic hydroxyl groups excluding tert-OH is 1. The van der Waals surface area contributed by atoms with Crippen LogP contribution in [0.25, 0.3) is 0 Å². The molecule has 11 heavy (non-hydrogen) atoms. The normalized spacial score (nSPS) is 13.9. The third kappa shape index (κ3) is 14.3. The Morgan fingerprint density at radius 1 is 1.45 bits per heavy atom. The standard InChI is InChI=1S/C4H10BF3NO.K/c1-4(10)2-9-3-5(6,7)8;/h4,9-10H,2-3H2,1H3;/q-1;+1. The average Bonchev–Trinajstić information content (AvgIpc) is 1.59. The van der Waals surface area contributed by atoms with Crippen LogP contribution in [-0.2, 0) is 0 Å². The summed E-state index contributed by atoms with van der Waals surface area (Å²) < 4.78 is 34.3. The van der Waals surface area contributed by atoms with Crippen LogP contribution in [0.5, 0.6) is 0 Å². The van der Waals surface area contributed by atoms with Gasteiger partial charge in [-0.3, -0.25) is 0 Å². The molecule has 0 aromatic rings. The number of hydrogen-bond acceptors (Lipinski definition) is 2. The Hall–Kier alpha value is 1.41. The van der Waals surface area contributed by atoms with E-state index in [-0.39, 0.29) is 57.9 Å². The zero-order valence-electron chi connectivity index (χ0n) is 6.65. The maximum Gasteiger partial charge on any atom is 1.00 e. The van der Waals surface area contributed by atoms with Gasteiger partial charge in [-0.15, -0.1) is 0 Å². The van der Waals surface area contributed by atoms with E-state index >= 15 is 0 Å². The number of halogens is 3. The van der Waals surface area contributed by atoms with Gasteiger partial charge in [-0.05, 0) is 13.4 Å². The molecular formula is C4H10BF3KNO. The van der Waals surface area contributed by atoms with Crippen LogP contribution in [0.4, 0.5) is 12.9 Å². The molecule has 1 atom stereocenters. The molecule has 0 radical (unpaired) electrons. The Labute approximate surface area is 106 Å². The van der Waals surface area contributed by atoms with Crippen molar-refractivity contribution in [1.29, 1.82) is 0 Å². The average molecular weight is 195 g/mol. The summed E-state index contributed by atoms with van der Waals surface area (Å²) in [5.41, 5.74) is 0. The fraction of sp³-hybridized carbons (Fsp3) is 1.00. The van der Waals surface area contributed by atoms with E-state index < -0.39 is 19.5 Å². The number of aliphatic hydroxyl groups is 1. The number of rotatable bonds is 4. The Bertz CT molecular complexity index is 99.8. The fourth-order valence-electron chi connectivity index (χ4n) is 0.456. The maximum atomic E-state index is 11.4. The zero-order valence-corrected chi connectivity index (χ0v) is 9.77. The first-order valence-electron chi connectivity index (χ1n) is 3.01. The van der Waals surface area contributed by atoms with Crippen molar-refractivity contribution in [3.05, 3.63) is 0 Å². The van der Waals surface area contributed by atoms with Crippen molar-refractivity contribution in [2.24, 2.45) is 0 Å². The van der Waals surface area contributed by atoms with Gasteiger partial charge in [0.1, 0.15) is 0 Å². The van der Waals surface area contributed by atoms with Crippen LogP contribution < -0.4 is 56.7 Å². The van der Waals surface area contributed by atoms with E-state index in [2.05, 4.69) is 5.32 Å². The van der Waals surface area contributed by atoms with Gasteiger partial charge in [-0.25, -0.2) is 0 Å². The first kappa shape index (κ1) is 14.9. The van der Waals surface area contributed by atoms with Crippen molar-refractivity contribution in [2.75, 3.05) is 13.0 Å². The molecule has 0 amide bonds. The molecule has 0 aliphatic heterocycles. The monoisotopic (exact) mass is 195 g/mol. The molecule has 0 spiro atoms. The minimum atomic E-state index is -4.75. The van der Waals surface area contributed by atoms with Gasteiger partial charge >= 0.3 is 58.4 Å². The molecule has 0 saturated carbocycles. The van der Waals surface area contributed by atoms with Gasteiger partial charge in [0.2, 0.25) is 0 Å². The molecule has 2 N–H and O–H groups in total. The Kier molecular flexibility index (Phi) is 9.32. The SMILES string of the molecule is CC(O)CNC[B-](F)(F)F.[K+]. The molecule has 62 valence electrons. The van der Waals surface area contributed by atoms with Gasteiger partial charge in [0, 0.05) is 6.54 Å². The summed E-state index contributed by atoms with van der Waals surface area (Å²) in [6.45, 7) is -3.34. The first-order valence-corrected chi connectivity index (χ1v) is 3.01. The summed E-state index contributed by atoms with van der Waals surface area (Å²) in [5.74, 6) is 0. The topological polar surface area (TPSA) is 32.3 Å². The second-order valence-electron chi connectivity index (χ2n) is 2.22. The second kappa shape index (κ2) is 6.88. The van der Waals surface area contributed by atoms with E-state index in [1.165, 1.54) is 6.92 Å². The Morgan fingerprint density at radius 2 is 1.91 bits per heavy atom. The Balaban J connectivity index is 0. The van der Waals surface area contributed by atoms with Crippen LogP contribution >= 0.6 is 0 Å². The van der Waals surface area contributed by atoms with E-state index in [0.29, 0.717) is 0 Å². The third-order valence-corrected chi connectivity index (χ3v) is 0.816. The summed E-state index contributed by atoms with van der Waals surface area (Å²) in [6.07, 6.45) is -1.71. The maximum absolute atomic E-state index is 11.4. The second-order valence-corrected chi connectivity index (χ2v) is 2.22. The van der Waals surface area contributed by atoms with E-state index in [0.717, 1.165) is 0 Å². The molecule has 0 rings (SSSR count). The molecule has 1 unspecified atom stereocenters. The van der Waals surface area contributed by atoms with Crippen molar-refractivity contribution in [2.45, 2.75) is 13.0 Å². The molecular weight excluding hydrogens is 185 g/mol. The smallest absolute Gasteiger partial charge is 0.448 e. The van der Waals surface area contributed by atoms with Crippen LogP contribution in [0.15, 0.2) is 0 Å². The van der Waals surface area contributed by atoms with Crippen LogP contribution in [0.3, 0.4) is 0 Å². The van der Waals surface area contributed by atoms with Crippen molar-refractivity contribution in [1.82, 2.24) is 5.32 Å². The Morgan fingerprint density at radius 3 is 2.18 bits per heavy atom. The largest absolute Gasteiger partial charge is 1.00 e. The summed E-state index contributed by atoms with van der Waals surface area (Å²) in [5, 5.41) is 10.6. The van der Waals surface area contributed by atoms with E-state index in [1.54, 1.807) is 0 Å². The van der Waals surface area contributed by atoms with Gasteiger partial charge in [0.05, 0.1) is 6.10 Å². The van der Waals surface area contributed by atoms with E-state index in [4.69, 9.17) is 5.11 Å². The molecule has 0 heterocycles. The van der Waals surface area contributed by atoms with Gasteiger partial charge in [-0.1, -0.05) is 0 Å². The van der Waals surface area contributed by atoms with Crippen LogP contribution in [-0.4, -0.2) is 31.2 Å². The van der Waals surface area contributed by atoms with Gasteiger partial charge in [0.25, 0.3) is 0 Å². The van der Waals surface area contributed by atoms with Crippen molar-refractivity contribution < 1.29 is 69.4 Å². The molecule has 0 saturated heterocycles. The minimum Gasteiger partial charge on any atom is -0.448 e. The van der Waals surface area contributed by atoms with E-state index in [9.17, 15) is 12.9 Å². The first-order chi connectivity index (χ1) is 4.42. The molecule has 7 heteroatoms. The molecule has 0 bridgehead atoms. The van der Waals surface area contributed by atoms with Crippen LogP contribution in [0.2, 0.25) is 0 Å². The third-order valence-electron chi connectivity index (χ3n) is 0.816. The van der Waals surface area contributed by atoms with Crippen LogP contribution in [0, 0.1) is 0 Å². The molecule has 0 aliphatic rings.